The second-order valence-electron chi connectivity index (χ2n) is 3.52. The minimum Gasteiger partial charge on any atom is -0.454 e. The van der Waals surface area contributed by atoms with Gasteiger partial charge in [-0.05, 0) is 17.5 Å². The Morgan fingerprint density at radius 1 is 1.25 bits per heavy atom. The van der Waals surface area contributed by atoms with Gasteiger partial charge in [-0.15, -0.1) is 0 Å². The number of thiophene rings is 1. The Morgan fingerprint density at radius 2 is 2.25 bits per heavy atom. The lowest BCUT2D eigenvalue weighted by atomic mass is 10.2. The van der Waals surface area contributed by atoms with Gasteiger partial charge in [0.25, 0.3) is 0 Å². The Kier molecular flexibility index (Phi) is 2.42. The Hall–Kier alpha value is -1.68. The summed E-state index contributed by atoms with van der Waals surface area (Å²) in [5.41, 5.74) is 2.27. The van der Waals surface area contributed by atoms with E-state index in [2.05, 4.69) is 22.1 Å². The highest BCUT2D eigenvalue weighted by molar-refractivity contribution is 7.08. The minimum absolute atomic E-state index is 0.324. The lowest BCUT2D eigenvalue weighted by Crippen LogP contribution is -2.00. The molecule has 4 heteroatoms. The van der Waals surface area contributed by atoms with Crippen LogP contribution in [0.25, 0.3) is 0 Å². The molecule has 82 valence electrons. The van der Waals surface area contributed by atoms with E-state index in [1.165, 1.54) is 0 Å². The fraction of sp³-hybridized carbons (Fsp3) is 0.167. The van der Waals surface area contributed by atoms with Crippen LogP contribution in [-0.4, -0.2) is 6.79 Å². The SMILES string of the molecule is c1cc(CNc2ccsc2)c2c(c1)OCO2. The monoisotopic (exact) mass is 233 g/mol. The van der Waals surface area contributed by atoms with Crippen molar-refractivity contribution in [3.63, 3.8) is 0 Å². The summed E-state index contributed by atoms with van der Waals surface area (Å²) in [5, 5.41) is 7.48. The van der Waals surface area contributed by atoms with E-state index in [1.807, 2.05) is 18.2 Å². The molecule has 0 fully saturated rings. The van der Waals surface area contributed by atoms with Gasteiger partial charge in [0.15, 0.2) is 11.5 Å². The molecular weight excluding hydrogens is 222 g/mol. The molecule has 0 spiro atoms. The molecule has 0 saturated heterocycles. The number of para-hydroxylation sites is 1. The molecule has 0 radical (unpaired) electrons. The zero-order valence-corrected chi connectivity index (χ0v) is 9.42. The smallest absolute Gasteiger partial charge is 0.231 e. The lowest BCUT2D eigenvalue weighted by Gasteiger charge is -2.07. The van der Waals surface area contributed by atoms with Crippen LogP contribution >= 0.6 is 11.3 Å². The van der Waals surface area contributed by atoms with Gasteiger partial charge in [0, 0.05) is 23.2 Å². The van der Waals surface area contributed by atoms with Crippen molar-refractivity contribution < 1.29 is 9.47 Å². The molecule has 1 aromatic carbocycles. The van der Waals surface area contributed by atoms with Crippen molar-refractivity contribution in [2.75, 3.05) is 12.1 Å². The van der Waals surface area contributed by atoms with Gasteiger partial charge < -0.3 is 14.8 Å². The number of hydrogen-bond acceptors (Lipinski definition) is 4. The molecule has 3 nitrogen and oxygen atoms in total. The fourth-order valence-electron chi connectivity index (χ4n) is 1.69. The van der Waals surface area contributed by atoms with Gasteiger partial charge in [0.05, 0.1) is 0 Å². The van der Waals surface area contributed by atoms with Crippen molar-refractivity contribution in [2.24, 2.45) is 0 Å². The van der Waals surface area contributed by atoms with Crippen molar-refractivity contribution >= 4 is 17.0 Å². The van der Waals surface area contributed by atoms with Crippen molar-refractivity contribution in [3.8, 4) is 11.5 Å². The van der Waals surface area contributed by atoms with Crippen LogP contribution in [0.1, 0.15) is 5.56 Å². The summed E-state index contributed by atoms with van der Waals surface area (Å²) in [7, 11) is 0. The molecule has 1 aromatic heterocycles. The standard InChI is InChI=1S/C12H11NO2S/c1-2-9(6-13-10-4-5-16-7-10)12-11(3-1)14-8-15-12/h1-5,7,13H,6,8H2. The predicted octanol–water partition coefficient (Wildman–Crippen LogP) is 3.09. The number of fused-ring (bicyclic) bond motifs is 1. The van der Waals surface area contributed by atoms with Gasteiger partial charge in [-0.2, -0.15) is 11.3 Å². The zero-order valence-electron chi connectivity index (χ0n) is 8.60. The maximum absolute atomic E-state index is 5.44. The topological polar surface area (TPSA) is 30.5 Å². The average Bonchev–Trinajstić information content (AvgIpc) is 2.97. The molecule has 1 aliphatic rings. The number of nitrogens with one attached hydrogen (secondary N) is 1. The summed E-state index contributed by atoms with van der Waals surface area (Å²) >= 11 is 1.68. The van der Waals surface area contributed by atoms with Crippen LogP contribution in [0.5, 0.6) is 11.5 Å². The van der Waals surface area contributed by atoms with Crippen LogP contribution in [0.4, 0.5) is 5.69 Å². The third-order valence-electron chi connectivity index (χ3n) is 2.48. The molecule has 0 aliphatic carbocycles. The summed E-state index contributed by atoms with van der Waals surface area (Å²) in [6, 6.07) is 8.02. The fourth-order valence-corrected chi connectivity index (χ4v) is 2.30. The molecule has 1 N–H and O–H groups in total. The normalized spacial score (nSPS) is 12.8. The van der Waals surface area contributed by atoms with Gasteiger partial charge in [0.1, 0.15) is 0 Å². The van der Waals surface area contributed by atoms with Crippen LogP contribution in [-0.2, 0) is 6.54 Å². The predicted molar refractivity (Wildman–Crippen MR) is 64.2 cm³/mol. The van der Waals surface area contributed by atoms with Gasteiger partial charge in [-0.3, -0.25) is 0 Å². The van der Waals surface area contributed by atoms with Crippen LogP contribution in [0.2, 0.25) is 0 Å². The molecular formula is C12H11NO2S. The molecule has 2 heterocycles. The number of benzene rings is 1. The van der Waals surface area contributed by atoms with E-state index in [9.17, 15) is 0 Å². The highest BCUT2D eigenvalue weighted by Gasteiger charge is 2.16. The van der Waals surface area contributed by atoms with E-state index in [-0.39, 0.29) is 0 Å². The van der Waals surface area contributed by atoms with Crippen LogP contribution in [0.15, 0.2) is 35.0 Å². The number of ether oxygens (including phenoxy) is 2. The summed E-state index contributed by atoms with van der Waals surface area (Å²) in [5.74, 6) is 1.70. The van der Waals surface area contributed by atoms with Crippen LogP contribution < -0.4 is 14.8 Å². The number of rotatable bonds is 3. The molecule has 3 rings (SSSR count). The number of hydrogen-bond donors (Lipinski definition) is 1. The summed E-state index contributed by atoms with van der Waals surface area (Å²) in [6.45, 7) is 1.08. The second-order valence-corrected chi connectivity index (χ2v) is 4.30. The first kappa shape index (κ1) is 9.54. The minimum atomic E-state index is 0.324. The van der Waals surface area contributed by atoms with E-state index in [1.54, 1.807) is 11.3 Å². The number of anilines is 1. The van der Waals surface area contributed by atoms with Gasteiger partial charge >= 0.3 is 0 Å². The maximum atomic E-state index is 5.44. The van der Waals surface area contributed by atoms with Gasteiger partial charge in [0.2, 0.25) is 6.79 Å². The molecule has 0 atom stereocenters. The van der Waals surface area contributed by atoms with E-state index in [4.69, 9.17) is 9.47 Å². The first-order chi connectivity index (χ1) is 7.93. The maximum Gasteiger partial charge on any atom is 0.231 e. The molecule has 0 bridgehead atoms. The molecule has 16 heavy (non-hydrogen) atoms. The Labute approximate surface area is 97.6 Å². The van der Waals surface area contributed by atoms with E-state index in [0.29, 0.717) is 6.79 Å². The molecule has 0 saturated carbocycles. The highest BCUT2D eigenvalue weighted by Crippen LogP contribution is 2.35. The molecule has 0 unspecified atom stereocenters. The quantitative estimate of drug-likeness (QED) is 0.883. The third-order valence-corrected chi connectivity index (χ3v) is 3.17. The van der Waals surface area contributed by atoms with Crippen molar-refractivity contribution in [1.29, 1.82) is 0 Å². The van der Waals surface area contributed by atoms with Crippen molar-refractivity contribution in [1.82, 2.24) is 0 Å². The van der Waals surface area contributed by atoms with E-state index >= 15 is 0 Å². The molecule has 1 aliphatic heterocycles. The van der Waals surface area contributed by atoms with Crippen LogP contribution in [0, 0.1) is 0 Å². The summed E-state index contributed by atoms with van der Waals surface area (Å²) in [4.78, 5) is 0. The first-order valence-corrected chi connectivity index (χ1v) is 6.01. The van der Waals surface area contributed by atoms with Gasteiger partial charge in [-0.1, -0.05) is 12.1 Å². The second kappa shape index (κ2) is 4.06. The van der Waals surface area contributed by atoms with Crippen LogP contribution in [0.3, 0.4) is 0 Å². The van der Waals surface area contributed by atoms with E-state index in [0.717, 1.165) is 29.3 Å². The Bertz CT molecular complexity index is 482. The first-order valence-electron chi connectivity index (χ1n) is 5.07. The average molecular weight is 233 g/mol. The van der Waals surface area contributed by atoms with Crippen molar-refractivity contribution in [2.45, 2.75) is 6.54 Å². The zero-order chi connectivity index (χ0) is 10.8. The Morgan fingerprint density at radius 3 is 3.12 bits per heavy atom. The summed E-state index contributed by atoms with van der Waals surface area (Å²) < 4.78 is 10.8. The lowest BCUT2D eigenvalue weighted by molar-refractivity contribution is 0.173. The van der Waals surface area contributed by atoms with Gasteiger partial charge in [-0.25, -0.2) is 0 Å². The third kappa shape index (κ3) is 1.72. The van der Waals surface area contributed by atoms with Crippen molar-refractivity contribution in [3.05, 3.63) is 40.6 Å². The largest absolute Gasteiger partial charge is 0.454 e. The Balaban J connectivity index is 1.78. The molecule has 2 aromatic rings. The summed E-state index contributed by atoms with van der Waals surface area (Å²) in [6.07, 6.45) is 0. The molecule has 0 amide bonds. The van der Waals surface area contributed by atoms with E-state index < -0.39 is 0 Å². The highest BCUT2D eigenvalue weighted by atomic mass is 32.1.